The highest BCUT2D eigenvalue weighted by Crippen LogP contribution is 2.38. The Morgan fingerprint density at radius 1 is 0.933 bits per heavy atom. The predicted molar refractivity (Wildman–Crippen MR) is 109 cm³/mol. The van der Waals surface area contributed by atoms with E-state index in [0.29, 0.717) is 0 Å². The third-order valence-electron chi connectivity index (χ3n) is 4.05. The Hall–Kier alpha value is -3.36. The lowest BCUT2D eigenvalue weighted by Crippen LogP contribution is -2.15. The summed E-state index contributed by atoms with van der Waals surface area (Å²) < 4.78 is 14.6. The van der Waals surface area contributed by atoms with Crippen molar-refractivity contribution in [3.8, 4) is 11.3 Å². The molecule has 0 aliphatic rings. The Morgan fingerprint density at radius 2 is 1.53 bits per heavy atom. The van der Waals surface area contributed by atoms with Crippen molar-refractivity contribution < 1.29 is 28.4 Å². The molecule has 0 fully saturated rings. The Labute approximate surface area is 180 Å². The minimum atomic E-state index is -0.819. The largest absolute Gasteiger partial charge is 0.465 e. The van der Waals surface area contributed by atoms with E-state index in [9.17, 15) is 14.4 Å². The van der Waals surface area contributed by atoms with Crippen LogP contribution in [-0.2, 0) is 9.47 Å². The molecule has 1 heterocycles. The van der Waals surface area contributed by atoms with Crippen molar-refractivity contribution in [1.82, 2.24) is 5.16 Å². The smallest absolute Gasteiger partial charge is 0.345 e. The monoisotopic (exact) mass is 448 g/mol. The van der Waals surface area contributed by atoms with Crippen molar-refractivity contribution in [1.29, 1.82) is 0 Å². The summed E-state index contributed by atoms with van der Waals surface area (Å²) in [6.07, 6.45) is 0. The molecule has 1 aromatic heterocycles. The normalized spacial score (nSPS) is 10.4. The number of amides is 1. The molecular formula is C20H14Cl2N2O6. The molecule has 10 heteroatoms. The van der Waals surface area contributed by atoms with Gasteiger partial charge in [-0.05, 0) is 30.3 Å². The van der Waals surface area contributed by atoms with Crippen LogP contribution in [-0.4, -0.2) is 37.2 Å². The van der Waals surface area contributed by atoms with Crippen LogP contribution in [0.1, 0.15) is 31.1 Å². The number of carbonyl (C=O) groups excluding carboxylic acids is 3. The first-order valence-electron chi connectivity index (χ1n) is 8.39. The summed E-state index contributed by atoms with van der Waals surface area (Å²) in [5, 5.41) is 6.75. The number of ether oxygens (including phenoxy) is 2. The summed E-state index contributed by atoms with van der Waals surface area (Å²) in [6.45, 7) is 0. The first kappa shape index (κ1) is 21.4. The minimum absolute atomic E-state index is 0.0102. The number of nitrogens with one attached hydrogen (secondary N) is 1. The molecule has 1 amide bonds. The SMILES string of the molecule is COC(=O)c1cccc(C(=O)Nc2onc(-c3c(Cl)cccc3Cl)c2C(=O)OC)c1. The number of benzene rings is 2. The van der Waals surface area contributed by atoms with Crippen LogP contribution in [0.25, 0.3) is 11.3 Å². The number of rotatable bonds is 5. The molecule has 3 aromatic rings. The molecule has 30 heavy (non-hydrogen) atoms. The Kier molecular flexibility index (Phi) is 6.39. The predicted octanol–water partition coefficient (Wildman–Crippen LogP) is 4.47. The lowest BCUT2D eigenvalue weighted by atomic mass is 10.1. The average molecular weight is 449 g/mol. The lowest BCUT2D eigenvalue weighted by molar-refractivity contribution is 0.0592. The number of methoxy groups -OCH3 is 2. The molecule has 1 N–H and O–H groups in total. The van der Waals surface area contributed by atoms with Gasteiger partial charge in [-0.1, -0.05) is 40.5 Å². The lowest BCUT2D eigenvalue weighted by Gasteiger charge is -2.07. The maximum atomic E-state index is 12.7. The van der Waals surface area contributed by atoms with Gasteiger partial charge in [0, 0.05) is 11.1 Å². The molecule has 154 valence electrons. The van der Waals surface area contributed by atoms with E-state index in [1.807, 2.05) is 0 Å². The van der Waals surface area contributed by atoms with Crippen LogP contribution in [0.4, 0.5) is 5.88 Å². The first-order valence-corrected chi connectivity index (χ1v) is 9.15. The summed E-state index contributed by atoms with van der Waals surface area (Å²) in [5.41, 5.74) is 0.404. The quantitative estimate of drug-likeness (QED) is 0.573. The van der Waals surface area contributed by atoms with Crippen LogP contribution in [0.5, 0.6) is 0 Å². The molecule has 2 aromatic carbocycles. The van der Waals surface area contributed by atoms with Gasteiger partial charge in [0.15, 0.2) is 5.56 Å². The number of hydrogen-bond acceptors (Lipinski definition) is 7. The van der Waals surface area contributed by atoms with Crippen molar-refractivity contribution in [2.24, 2.45) is 0 Å². The molecule has 0 aliphatic heterocycles. The van der Waals surface area contributed by atoms with Gasteiger partial charge < -0.3 is 14.0 Å². The second-order valence-corrected chi connectivity index (χ2v) is 6.66. The molecule has 0 aliphatic carbocycles. The second kappa shape index (κ2) is 8.98. The maximum Gasteiger partial charge on any atom is 0.345 e. The second-order valence-electron chi connectivity index (χ2n) is 5.85. The number of anilines is 1. The molecule has 0 radical (unpaired) electrons. The molecule has 0 atom stereocenters. The van der Waals surface area contributed by atoms with Crippen LogP contribution < -0.4 is 5.32 Å². The van der Waals surface area contributed by atoms with E-state index >= 15 is 0 Å². The summed E-state index contributed by atoms with van der Waals surface area (Å²) in [6, 6.07) is 10.6. The third kappa shape index (κ3) is 4.14. The summed E-state index contributed by atoms with van der Waals surface area (Å²) in [7, 11) is 2.40. The number of hydrogen-bond donors (Lipinski definition) is 1. The van der Waals surface area contributed by atoms with E-state index in [2.05, 4.69) is 15.2 Å². The zero-order valence-electron chi connectivity index (χ0n) is 15.7. The van der Waals surface area contributed by atoms with E-state index in [1.165, 1.54) is 38.5 Å². The summed E-state index contributed by atoms with van der Waals surface area (Å²) in [5.74, 6) is -2.34. The maximum absolute atomic E-state index is 12.7. The van der Waals surface area contributed by atoms with Gasteiger partial charge in [-0.25, -0.2) is 9.59 Å². The molecule has 0 unspecified atom stereocenters. The fourth-order valence-electron chi connectivity index (χ4n) is 2.64. The topological polar surface area (TPSA) is 108 Å². The highest BCUT2D eigenvalue weighted by atomic mass is 35.5. The van der Waals surface area contributed by atoms with Crippen LogP contribution in [0, 0.1) is 0 Å². The molecule has 0 bridgehead atoms. The van der Waals surface area contributed by atoms with E-state index in [4.69, 9.17) is 32.5 Å². The first-order chi connectivity index (χ1) is 14.4. The van der Waals surface area contributed by atoms with Crippen LogP contribution in [0.15, 0.2) is 47.0 Å². The van der Waals surface area contributed by atoms with E-state index in [0.717, 1.165) is 0 Å². The zero-order chi connectivity index (χ0) is 21.8. The van der Waals surface area contributed by atoms with Gasteiger partial charge in [0.1, 0.15) is 5.69 Å². The van der Waals surface area contributed by atoms with Gasteiger partial charge in [-0.3, -0.25) is 10.1 Å². The Bertz CT molecular complexity index is 1120. The van der Waals surface area contributed by atoms with Gasteiger partial charge in [0.2, 0.25) is 5.88 Å². The number of carbonyl (C=O) groups is 3. The van der Waals surface area contributed by atoms with Crippen molar-refractivity contribution >= 4 is 46.9 Å². The number of halogens is 2. The average Bonchev–Trinajstić information content (AvgIpc) is 3.15. The molecule has 8 nitrogen and oxygen atoms in total. The van der Waals surface area contributed by atoms with Gasteiger partial charge in [-0.2, -0.15) is 0 Å². The number of aromatic nitrogens is 1. The molecule has 0 spiro atoms. The van der Waals surface area contributed by atoms with Crippen molar-refractivity contribution in [2.75, 3.05) is 19.5 Å². The van der Waals surface area contributed by atoms with E-state index < -0.39 is 17.8 Å². The van der Waals surface area contributed by atoms with Crippen LogP contribution >= 0.6 is 23.2 Å². The fourth-order valence-corrected chi connectivity index (χ4v) is 3.22. The third-order valence-corrected chi connectivity index (χ3v) is 4.68. The van der Waals surface area contributed by atoms with Gasteiger partial charge in [0.05, 0.1) is 29.8 Å². The highest BCUT2D eigenvalue weighted by Gasteiger charge is 2.29. The van der Waals surface area contributed by atoms with E-state index in [1.54, 1.807) is 18.2 Å². The summed E-state index contributed by atoms with van der Waals surface area (Å²) >= 11 is 12.4. The van der Waals surface area contributed by atoms with Gasteiger partial charge >= 0.3 is 11.9 Å². The van der Waals surface area contributed by atoms with Crippen molar-refractivity contribution in [3.63, 3.8) is 0 Å². The van der Waals surface area contributed by atoms with E-state index in [-0.39, 0.29) is 43.9 Å². The summed E-state index contributed by atoms with van der Waals surface area (Å²) in [4.78, 5) is 36.7. The van der Waals surface area contributed by atoms with Gasteiger partial charge in [-0.15, -0.1) is 0 Å². The number of esters is 2. The van der Waals surface area contributed by atoms with Crippen molar-refractivity contribution in [2.45, 2.75) is 0 Å². The van der Waals surface area contributed by atoms with Crippen LogP contribution in [0.3, 0.4) is 0 Å². The van der Waals surface area contributed by atoms with Crippen LogP contribution in [0.2, 0.25) is 10.0 Å². The minimum Gasteiger partial charge on any atom is -0.465 e. The Balaban J connectivity index is 2.01. The number of nitrogens with zero attached hydrogens (tertiary/aromatic N) is 1. The highest BCUT2D eigenvalue weighted by molar-refractivity contribution is 6.39. The molecule has 0 saturated heterocycles. The van der Waals surface area contributed by atoms with Gasteiger partial charge in [0.25, 0.3) is 5.91 Å². The Morgan fingerprint density at radius 3 is 2.17 bits per heavy atom. The molecular weight excluding hydrogens is 435 g/mol. The standard InChI is InChI=1S/C20H14Cl2N2O6/c1-28-19(26)11-6-3-5-10(9-11)17(25)23-18-15(20(27)29-2)16(24-30-18)14-12(21)7-4-8-13(14)22/h3-9H,1-2H3,(H,23,25). The zero-order valence-corrected chi connectivity index (χ0v) is 17.2. The van der Waals surface area contributed by atoms with Crippen molar-refractivity contribution in [3.05, 3.63) is 69.2 Å². The fraction of sp³-hybridized carbons (Fsp3) is 0.100. The molecule has 3 rings (SSSR count). The molecule has 0 saturated carbocycles.